The van der Waals surface area contributed by atoms with Gasteiger partial charge in [0.15, 0.2) is 0 Å². The molecule has 12 heterocycles. The lowest BCUT2D eigenvalue weighted by atomic mass is 9.90. The molecule has 0 saturated carbocycles. The predicted molar refractivity (Wildman–Crippen MR) is 427 cm³/mol. The molecule has 1 amide bonds. The number of anilines is 6. The van der Waals surface area contributed by atoms with Crippen LogP contribution in [0.25, 0.3) is 44.9 Å². The van der Waals surface area contributed by atoms with Gasteiger partial charge in [0.2, 0.25) is 0 Å². The lowest BCUT2D eigenvalue weighted by molar-refractivity contribution is 0.0192. The lowest BCUT2D eigenvalue weighted by Gasteiger charge is -2.45. The number of rotatable bonds is 12. The Morgan fingerprint density at radius 3 is 1.35 bits per heavy atom. The van der Waals surface area contributed by atoms with Gasteiger partial charge in [-0.25, -0.2) is 24.7 Å². The minimum absolute atomic E-state index is 0. The summed E-state index contributed by atoms with van der Waals surface area (Å²) in [6.07, 6.45) is 20.8. The fourth-order valence-electron chi connectivity index (χ4n) is 15.2. The van der Waals surface area contributed by atoms with Crippen LogP contribution in [0.1, 0.15) is 110 Å². The number of carbonyl (C=O) groups excluding carboxylic acids is 1. The molecule has 0 radical (unpaired) electrons. The Bertz CT molecular complexity index is 5040. The zero-order valence-electron chi connectivity index (χ0n) is 60.6. The molecule has 5 N–H and O–H groups in total. The molecule has 24 nitrogen and oxygen atoms in total. The van der Waals surface area contributed by atoms with Gasteiger partial charge < -0.3 is 63.5 Å². The van der Waals surface area contributed by atoms with Gasteiger partial charge >= 0.3 is 6.09 Å². The minimum atomic E-state index is -0.562. The predicted octanol–water partition coefficient (Wildman–Crippen LogP) is 9.69. The number of carbonyl (C=O) groups is 1. The van der Waals surface area contributed by atoms with Crippen LogP contribution in [0.2, 0.25) is 0 Å². The summed E-state index contributed by atoms with van der Waals surface area (Å²) < 4.78 is 15.5. The summed E-state index contributed by atoms with van der Waals surface area (Å²) in [4.78, 5) is 91.7. The molecule has 2 fully saturated rings. The normalized spacial score (nSPS) is 18.0. The molecule has 2 aliphatic carbocycles. The van der Waals surface area contributed by atoms with E-state index < -0.39 is 5.60 Å². The van der Waals surface area contributed by atoms with Crippen molar-refractivity contribution in [1.29, 1.82) is 0 Å². The third kappa shape index (κ3) is 15.4. The highest BCUT2D eigenvalue weighted by molar-refractivity contribution is 7.59. The second-order valence-electron chi connectivity index (χ2n) is 29.8. The van der Waals surface area contributed by atoms with Crippen LogP contribution < -0.4 is 48.0 Å². The second-order valence-corrected chi connectivity index (χ2v) is 29.8. The average molecular weight is 1480 g/mol. The van der Waals surface area contributed by atoms with Gasteiger partial charge in [0.25, 0.3) is 22.2 Å². The Hall–Kier alpha value is -8.77. The summed E-state index contributed by atoms with van der Waals surface area (Å²) in [5, 5.41) is 31.1. The molecule has 548 valence electrons. The highest BCUT2D eigenvalue weighted by Crippen LogP contribution is 2.40. The Balaban J connectivity index is 0.000000232. The molecule has 10 aromatic rings. The number of nitrogens with zero attached hydrogens (tertiary/aromatic N) is 13. The Morgan fingerprint density at radius 2 is 0.971 bits per heavy atom. The van der Waals surface area contributed by atoms with E-state index in [2.05, 4.69) is 101 Å². The molecular weight excluding hydrogens is 1380 g/mol. The van der Waals surface area contributed by atoms with Crippen LogP contribution in [0.15, 0.2) is 142 Å². The molecule has 14 rings (SSSR count). The quantitative estimate of drug-likeness (QED) is 0.0762. The van der Waals surface area contributed by atoms with Crippen LogP contribution in [0.5, 0.6) is 0 Å². The van der Waals surface area contributed by atoms with Crippen molar-refractivity contribution in [2.45, 2.75) is 145 Å². The topological polar surface area (TPSA) is 261 Å². The molecule has 2 aliphatic heterocycles. The van der Waals surface area contributed by atoms with Gasteiger partial charge in [0.05, 0.1) is 37.0 Å². The first-order valence-electron chi connectivity index (χ1n) is 33.9. The molecule has 0 bridgehead atoms. The number of fused-ring (bicyclic) bond motifs is 6. The maximum atomic E-state index is 13.8. The van der Waals surface area contributed by atoms with E-state index in [4.69, 9.17) is 4.74 Å². The van der Waals surface area contributed by atoms with E-state index >= 15 is 0 Å². The number of nitrogens with one attached hydrogen (secondary N) is 3. The number of hydrogen-bond acceptors (Lipinski definition) is 17. The monoisotopic (exact) mass is 1480 g/mol. The molecule has 28 heteroatoms. The first kappa shape index (κ1) is 78.4. The Kier molecular flexibility index (Phi) is 23.2. The molecule has 4 atom stereocenters. The maximum absolute atomic E-state index is 13.8. The van der Waals surface area contributed by atoms with E-state index in [0.717, 1.165) is 55.8 Å². The number of aromatic nitrogens is 10. The van der Waals surface area contributed by atoms with Crippen molar-refractivity contribution >= 4 is 105 Å². The number of aliphatic hydroxyl groups is 2. The van der Waals surface area contributed by atoms with E-state index in [1.807, 2.05) is 84.6 Å². The maximum Gasteiger partial charge on any atom is 0.410 e. The third-order valence-electron chi connectivity index (χ3n) is 19.5. The van der Waals surface area contributed by atoms with Crippen molar-refractivity contribution < 1.29 is 19.7 Å². The lowest BCUT2D eigenvalue weighted by Crippen LogP contribution is -2.58. The minimum Gasteiger partial charge on any atom is -0.444 e. The third-order valence-corrected chi connectivity index (χ3v) is 19.5. The second kappa shape index (κ2) is 30.5. The van der Waals surface area contributed by atoms with E-state index in [1.54, 1.807) is 86.6 Å². The van der Waals surface area contributed by atoms with Crippen molar-refractivity contribution in [2.24, 2.45) is 24.9 Å². The number of aliphatic hydroxyl groups excluding tert-OH is 2. The summed E-state index contributed by atoms with van der Waals surface area (Å²) in [5.41, 5.74) is 10.9. The van der Waals surface area contributed by atoms with Gasteiger partial charge in [-0.2, -0.15) is 54.0 Å². The van der Waals surface area contributed by atoms with Crippen LogP contribution in [0.4, 0.5) is 39.2 Å². The molecule has 4 aliphatic rings. The molecule has 0 aromatic carbocycles. The zero-order chi connectivity index (χ0) is 70.3. The van der Waals surface area contributed by atoms with E-state index in [-0.39, 0.29) is 118 Å². The summed E-state index contributed by atoms with van der Waals surface area (Å²) in [5.74, 6) is 1.71. The zero-order valence-corrected chi connectivity index (χ0v) is 64.6. The summed E-state index contributed by atoms with van der Waals surface area (Å²) in [6, 6.07) is 19.4. The average Bonchev–Trinajstić information content (AvgIpc) is 1.64. The van der Waals surface area contributed by atoms with Gasteiger partial charge in [0.1, 0.15) is 51.3 Å². The molecule has 0 unspecified atom stereocenters. The van der Waals surface area contributed by atoms with Crippen LogP contribution in [0.3, 0.4) is 0 Å². The summed E-state index contributed by atoms with van der Waals surface area (Å²) in [6.45, 7) is 25.2. The van der Waals surface area contributed by atoms with Crippen molar-refractivity contribution in [3.63, 3.8) is 0 Å². The summed E-state index contributed by atoms with van der Waals surface area (Å²) in [7, 11) is 3.35. The van der Waals surface area contributed by atoms with Crippen LogP contribution in [-0.2, 0) is 57.7 Å². The van der Waals surface area contributed by atoms with E-state index in [0.29, 0.717) is 104 Å². The first-order chi connectivity index (χ1) is 47.1. The molecule has 2 saturated heterocycles. The van der Waals surface area contributed by atoms with Crippen molar-refractivity contribution in [2.75, 3.05) is 46.6 Å². The van der Waals surface area contributed by atoms with Crippen LogP contribution >= 0.6 is 54.0 Å². The van der Waals surface area contributed by atoms with Crippen molar-refractivity contribution in [1.82, 2.24) is 57.2 Å². The van der Waals surface area contributed by atoms with Crippen LogP contribution in [0, 0.1) is 10.8 Å². The Labute approximate surface area is 626 Å². The number of aryl methyl sites for hydroxylation is 2. The van der Waals surface area contributed by atoms with Gasteiger partial charge in [-0.3, -0.25) is 28.3 Å². The van der Waals surface area contributed by atoms with Gasteiger partial charge in [-0.15, -0.1) is 0 Å². The van der Waals surface area contributed by atoms with E-state index in [1.165, 1.54) is 35.1 Å². The number of piperazine rings is 2. The van der Waals surface area contributed by atoms with Gasteiger partial charge in [-0.1, -0.05) is 27.7 Å². The summed E-state index contributed by atoms with van der Waals surface area (Å²) >= 11 is 0. The largest absolute Gasteiger partial charge is 0.444 e. The van der Waals surface area contributed by atoms with Gasteiger partial charge in [-0.05, 0) is 168 Å². The van der Waals surface area contributed by atoms with Crippen LogP contribution in [-0.4, -0.2) is 124 Å². The highest BCUT2D eigenvalue weighted by atomic mass is 32.1. The molecule has 103 heavy (non-hydrogen) atoms. The Morgan fingerprint density at radius 1 is 0.563 bits per heavy atom. The number of ether oxygens (including phenoxy) is 1. The van der Waals surface area contributed by atoms with Crippen molar-refractivity contribution in [3.8, 4) is 33.9 Å². The number of pyridine rings is 6. The van der Waals surface area contributed by atoms with E-state index in [9.17, 15) is 34.2 Å². The van der Waals surface area contributed by atoms with Gasteiger partial charge in [0, 0.05) is 148 Å². The number of amides is 1. The fraction of sp³-hybridized carbons (Fsp3) is 0.400. The highest BCUT2D eigenvalue weighted by Gasteiger charge is 2.36. The molecule has 10 aromatic heterocycles. The SMILES string of the molecule is C[C@H]1CN(C(=O)OC(C)(C)C)C[C@H](C)N1c1ccc(Nc2cc(-c3ccnc(-n4ccn5c6c(cc5c4=O)CC(C)(C)C6)c3CO)cn(C)c2=O)nc1.C[C@H]1CNC[C@H](C)N1c1ccc(Nc2cc(-c3ccnc(-n4ccn5c6c(cc5c4=O)CC(C)(C)C6)c3CO)cn(C)c2=O)nc1.S.S.S.S. The van der Waals surface area contributed by atoms with Crippen molar-refractivity contribution in [3.05, 3.63) is 198 Å². The smallest absolute Gasteiger partial charge is 0.410 e. The molecular formula is C75H96N16O8S4. The number of hydrogen-bond donors (Lipinski definition) is 5. The fourth-order valence-corrected chi connectivity index (χ4v) is 15.2. The molecule has 0 spiro atoms. The standard InChI is InChI=1S/C40H48N8O5.C35H40N8O3.4H2S/c1-24-20-45(38(52)53-39(3,4)5)21-25(2)48(24)28-9-10-34(42-19-28)43-31-15-27(22-44(8)36(31)50)29-11-12-41-35(30(29)23-49)47-14-13-46-32(37(47)51)16-26-17-40(6,7)18-33(26)46;1-21-16-36-17-22(2)43(21)25-6-7-31(38-18-25)39-28-12-24(19-40(5)33(28)45)26-8-9-37-32(27(26)20-44)42-11-10-41-29(34(42)46)13-23-14-35(3,4)15-30(23)41;;;;/h9-16,19,22,24-25,49H,17-18,20-21,23H2,1-8H3,(H,42,43);6-13,18-19,21-22,36,44H,14-17,20H2,1-5H3,(H,38,39);4*1H2/t24-,25-;21-,22-;;;;/m00..../s1. The first-order valence-corrected chi connectivity index (χ1v) is 33.9.